The number of para-hydroxylation sites is 1. The molecular weight excluding hydrogens is 376 g/mol. The van der Waals surface area contributed by atoms with E-state index in [1.807, 2.05) is 29.6 Å². The third kappa shape index (κ3) is 5.01. The molecule has 0 atom stereocenters. The highest BCUT2D eigenvalue weighted by molar-refractivity contribution is 7.07. The fraction of sp³-hybridized carbons (Fsp3) is 0.238. The van der Waals surface area contributed by atoms with Gasteiger partial charge in [0.2, 0.25) is 0 Å². The summed E-state index contributed by atoms with van der Waals surface area (Å²) < 4.78 is 16.4. The SMILES string of the molecule is COc1ccccc1CCNC(=O)c1ccc(OCc2cscn2)c(OC)c1. The maximum absolute atomic E-state index is 12.5. The molecular formula is C21H22N2O4S. The molecule has 0 fully saturated rings. The molecule has 2 aromatic carbocycles. The van der Waals surface area contributed by atoms with Crippen molar-refractivity contribution in [3.8, 4) is 17.2 Å². The molecule has 0 spiro atoms. The first-order valence-corrected chi connectivity index (χ1v) is 9.73. The number of thiazole rings is 1. The van der Waals surface area contributed by atoms with Crippen LogP contribution in [0.5, 0.6) is 17.2 Å². The molecule has 0 saturated carbocycles. The fourth-order valence-corrected chi connectivity index (χ4v) is 3.25. The summed E-state index contributed by atoms with van der Waals surface area (Å²) in [6, 6.07) is 12.9. The van der Waals surface area contributed by atoms with Crippen molar-refractivity contribution in [1.82, 2.24) is 10.3 Å². The fourth-order valence-electron chi connectivity index (χ4n) is 2.71. The van der Waals surface area contributed by atoms with Crippen LogP contribution in [0.25, 0.3) is 0 Å². The van der Waals surface area contributed by atoms with E-state index >= 15 is 0 Å². The minimum absolute atomic E-state index is 0.167. The Balaban J connectivity index is 1.58. The molecule has 1 heterocycles. The quantitative estimate of drug-likeness (QED) is 0.595. The summed E-state index contributed by atoms with van der Waals surface area (Å²) >= 11 is 1.52. The second kappa shape index (κ2) is 9.75. The zero-order valence-corrected chi connectivity index (χ0v) is 16.6. The van der Waals surface area contributed by atoms with Crippen molar-refractivity contribution in [3.05, 3.63) is 70.2 Å². The molecule has 28 heavy (non-hydrogen) atoms. The summed E-state index contributed by atoms with van der Waals surface area (Å²) in [6.45, 7) is 0.855. The smallest absolute Gasteiger partial charge is 0.251 e. The number of carbonyl (C=O) groups excluding carboxylic acids is 1. The second-order valence-electron chi connectivity index (χ2n) is 5.95. The number of ether oxygens (including phenoxy) is 3. The van der Waals surface area contributed by atoms with Gasteiger partial charge in [0.25, 0.3) is 5.91 Å². The van der Waals surface area contributed by atoms with E-state index in [0.717, 1.165) is 17.0 Å². The van der Waals surface area contributed by atoms with E-state index in [4.69, 9.17) is 14.2 Å². The summed E-state index contributed by atoms with van der Waals surface area (Å²) in [5, 5.41) is 4.85. The molecule has 6 nitrogen and oxygen atoms in total. The molecule has 7 heteroatoms. The van der Waals surface area contributed by atoms with E-state index in [9.17, 15) is 4.79 Å². The largest absolute Gasteiger partial charge is 0.496 e. The van der Waals surface area contributed by atoms with E-state index in [1.54, 1.807) is 37.9 Å². The van der Waals surface area contributed by atoms with Crippen LogP contribution in [0.2, 0.25) is 0 Å². The average Bonchev–Trinajstić information content (AvgIpc) is 3.26. The van der Waals surface area contributed by atoms with Gasteiger partial charge in [-0.25, -0.2) is 4.98 Å². The van der Waals surface area contributed by atoms with Gasteiger partial charge >= 0.3 is 0 Å². The topological polar surface area (TPSA) is 69.7 Å². The van der Waals surface area contributed by atoms with E-state index < -0.39 is 0 Å². The Labute approximate surface area is 168 Å². The Morgan fingerprint density at radius 1 is 1.07 bits per heavy atom. The van der Waals surface area contributed by atoms with Gasteiger partial charge in [-0.2, -0.15) is 0 Å². The van der Waals surface area contributed by atoms with Crippen LogP contribution >= 0.6 is 11.3 Å². The summed E-state index contributed by atoms with van der Waals surface area (Å²) in [5.41, 5.74) is 4.17. The van der Waals surface area contributed by atoms with Gasteiger partial charge in [0.15, 0.2) is 11.5 Å². The second-order valence-corrected chi connectivity index (χ2v) is 6.67. The van der Waals surface area contributed by atoms with Crippen molar-refractivity contribution >= 4 is 17.2 Å². The lowest BCUT2D eigenvalue weighted by Gasteiger charge is -2.12. The number of nitrogens with zero attached hydrogens (tertiary/aromatic N) is 1. The van der Waals surface area contributed by atoms with Crippen LogP contribution in [0.4, 0.5) is 0 Å². The van der Waals surface area contributed by atoms with E-state index in [0.29, 0.717) is 36.6 Å². The number of rotatable bonds is 9. The molecule has 0 aliphatic rings. The van der Waals surface area contributed by atoms with Crippen LogP contribution in [0.3, 0.4) is 0 Å². The summed E-state index contributed by atoms with van der Waals surface area (Å²) in [7, 11) is 3.19. The Kier molecular flexibility index (Phi) is 6.86. The Hall–Kier alpha value is -3.06. The van der Waals surface area contributed by atoms with Crippen LogP contribution in [0, 0.1) is 0 Å². The highest BCUT2D eigenvalue weighted by Crippen LogP contribution is 2.29. The summed E-state index contributed by atoms with van der Waals surface area (Å²) in [5.74, 6) is 1.73. The van der Waals surface area contributed by atoms with Gasteiger partial charge in [-0.1, -0.05) is 18.2 Å². The highest BCUT2D eigenvalue weighted by atomic mass is 32.1. The Morgan fingerprint density at radius 2 is 1.89 bits per heavy atom. The number of methoxy groups -OCH3 is 2. The van der Waals surface area contributed by atoms with Crippen LogP contribution < -0.4 is 19.5 Å². The molecule has 0 aliphatic heterocycles. The minimum Gasteiger partial charge on any atom is -0.496 e. The lowest BCUT2D eigenvalue weighted by molar-refractivity contribution is 0.0953. The van der Waals surface area contributed by atoms with Gasteiger partial charge in [0.05, 0.1) is 25.4 Å². The molecule has 0 saturated heterocycles. The molecule has 3 aromatic rings. The molecule has 0 unspecified atom stereocenters. The maximum Gasteiger partial charge on any atom is 0.251 e. The van der Waals surface area contributed by atoms with Gasteiger partial charge < -0.3 is 19.5 Å². The van der Waals surface area contributed by atoms with E-state index in [2.05, 4.69) is 10.3 Å². The predicted octanol–water partition coefficient (Wildman–Crippen LogP) is 3.71. The van der Waals surface area contributed by atoms with Crippen molar-refractivity contribution in [2.75, 3.05) is 20.8 Å². The number of hydrogen-bond acceptors (Lipinski definition) is 6. The van der Waals surface area contributed by atoms with Crippen molar-refractivity contribution in [1.29, 1.82) is 0 Å². The van der Waals surface area contributed by atoms with Gasteiger partial charge in [-0.3, -0.25) is 4.79 Å². The number of hydrogen-bond donors (Lipinski definition) is 1. The third-order valence-electron chi connectivity index (χ3n) is 4.16. The normalized spacial score (nSPS) is 10.4. The van der Waals surface area contributed by atoms with Crippen LogP contribution in [0.1, 0.15) is 21.6 Å². The third-order valence-corrected chi connectivity index (χ3v) is 4.79. The monoisotopic (exact) mass is 398 g/mol. The van der Waals surface area contributed by atoms with Crippen LogP contribution in [-0.4, -0.2) is 31.7 Å². The minimum atomic E-state index is -0.167. The van der Waals surface area contributed by atoms with Crippen LogP contribution in [-0.2, 0) is 13.0 Å². The lowest BCUT2D eigenvalue weighted by Crippen LogP contribution is -2.25. The number of amides is 1. The van der Waals surface area contributed by atoms with Crippen molar-refractivity contribution < 1.29 is 19.0 Å². The molecule has 1 N–H and O–H groups in total. The summed E-state index contributed by atoms with van der Waals surface area (Å²) in [4.78, 5) is 16.6. The number of benzene rings is 2. The first-order chi connectivity index (χ1) is 13.7. The first-order valence-electron chi connectivity index (χ1n) is 8.79. The number of aromatic nitrogens is 1. The van der Waals surface area contributed by atoms with Gasteiger partial charge in [0.1, 0.15) is 12.4 Å². The van der Waals surface area contributed by atoms with E-state index in [-0.39, 0.29) is 5.91 Å². The molecule has 1 amide bonds. The molecule has 0 bridgehead atoms. The molecule has 0 aliphatic carbocycles. The number of carbonyl (C=O) groups is 1. The predicted molar refractivity (Wildman–Crippen MR) is 108 cm³/mol. The van der Waals surface area contributed by atoms with Crippen molar-refractivity contribution in [2.24, 2.45) is 0 Å². The van der Waals surface area contributed by atoms with Crippen LogP contribution in [0.15, 0.2) is 53.4 Å². The Bertz CT molecular complexity index is 913. The molecule has 3 rings (SSSR count). The molecule has 0 radical (unpaired) electrons. The standard InChI is InChI=1S/C21H22N2O4S/c1-25-18-6-4-3-5-15(18)9-10-22-21(24)16-7-8-19(20(11-16)26-2)27-12-17-13-28-14-23-17/h3-8,11,13-14H,9-10,12H2,1-2H3,(H,22,24). The highest BCUT2D eigenvalue weighted by Gasteiger charge is 2.12. The van der Waals surface area contributed by atoms with Gasteiger partial charge in [0, 0.05) is 17.5 Å². The van der Waals surface area contributed by atoms with Gasteiger partial charge in [-0.15, -0.1) is 11.3 Å². The summed E-state index contributed by atoms with van der Waals surface area (Å²) in [6.07, 6.45) is 0.682. The van der Waals surface area contributed by atoms with E-state index in [1.165, 1.54) is 11.3 Å². The average molecular weight is 398 g/mol. The maximum atomic E-state index is 12.5. The Morgan fingerprint density at radius 3 is 2.64 bits per heavy atom. The van der Waals surface area contributed by atoms with Gasteiger partial charge in [-0.05, 0) is 36.2 Å². The zero-order valence-electron chi connectivity index (χ0n) is 15.8. The van der Waals surface area contributed by atoms with Crippen molar-refractivity contribution in [2.45, 2.75) is 13.0 Å². The first kappa shape index (κ1) is 19.7. The zero-order chi connectivity index (χ0) is 19.8. The van der Waals surface area contributed by atoms with Crippen molar-refractivity contribution in [3.63, 3.8) is 0 Å². The lowest BCUT2D eigenvalue weighted by atomic mass is 10.1. The molecule has 146 valence electrons. The molecule has 1 aromatic heterocycles. The number of nitrogens with one attached hydrogen (secondary N) is 1.